The van der Waals surface area contributed by atoms with Crippen LogP contribution in [-0.4, -0.2) is 33.0 Å². The topological polar surface area (TPSA) is 84.8 Å². The average Bonchev–Trinajstić information content (AvgIpc) is 3.25. The lowest BCUT2D eigenvalue weighted by Crippen LogP contribution is -2.19. The van der Waals surface area contributed by atoms with Crippen molar-refractivity contribution < 1.29 is 4.74 Å². The van der Waals surface area contributed by atoms with Crippen molar-refractivity contribution in [1.29, 1.82) is 0 Å². The molecule has 1 aliphatic rings. The normalized spacial score (nSPS) is 17.3. The summed E-state index contributed by atoms with van der Waals surface area (Å²) in [5, 5.41) is 8.39. The summed E-state index contributed by atoms with van der Waals surface area (Å²) in [6.45, 7) is 1.70. The fourth-order valence-corrected chi connectivity index (χ4v) is 3.20. The number of fused-ring (bicyclic) bond motifs is 1. The second kappa shape index (κ2) is 6.67. The van der Waals surface area contributed by atoms with Gasteiger partial charge in [-0.05, 0) is 24.1 Å². The maximum absolute atomic E-state index is 12.5. The predicted molar refractivity (Wildman–Crippen MR) is 96.4 cm³/mol. The van der Waals surface area contributed by atoms with Crippen LogP contribution >= 0.6 is 23.2 Å². The Morgan fingerprint density at radius 3 is 3.00 bits per heavy atom. The Morgan fingerprint density at radius 1 is 1.36 bits per heavy atom. The van der Waals surface area contributed by atoms with Crippen molar-refractivity contribution in [2.45, 2.75) is 19.0 Å². The maximum Gasteiger partial charge on any atom is 0.278 e. The van der Waals surface area contributed by atoms with Gasteiger partial charge in [0.1, 0.15) is 5.52 Å². The summed E-state index contributed by atoms with van der Waals surface area (Å²) in [5.74, 6) is 0.380. The molecule has 25 heavy (non-hydrogen) atoms. The number of rotatable bonds is 4. The number of anilines is 1. The molecule has 2 aromatic heterocycles. The monoisotopic (exact) mass is 379 g/mol. The fourth-order valence-electron chi connectivity index (χ4n) is 2.88. The Bertz CT molecular complexity index is 978. The van der Waals surface area contributed by atoms with E-state index in [2.05, 4.69) is 20.4 Å². The first-order valence-corrected chi connectivity index (χ1v) is 8.60. The molecule has 0 radical (unpaired) electrons. The van der Waals surface area contributed by atoms with Crippen LogP contribution in [0.3, 0.4) is 0 Å². The molecule has 9 heteroatoms. The lowest BCUT2D eigenvalue weighted by Gasteiger charge is -2.10. The van der Waals surface area contributed by atoms with Gasteiger partial charge >= 0.3 is 0 Å². The Labute approximate surface area is 152 Å². The minimum Gasteiger partial charge on any atom is -0.379 e. The SMILES string of the molecule is O=c1[nH]c(NCc2ccc(Cl)c(Cl)c2)nc2cnn(C3CCOC3)c12. The summed E-state index contributed by atoms with van der Waals surface area (Å²) in [7, 11) is 0. The maximum atomic E-state index is 12.5. The van der Waals surface area contributed by atoms with Crippen LogP contribution in [0.1, 0.15) is 18.0 Å². The summed E-state index contributed by atoms with van der Waals surface area (Å²) in [6.07, 6.45) is 2.45. The molecule has 0 bridgehead atoms. The van der Waals surface area contributed by atoms with Crippen LogP contribution in [0.4, 0.5) is 5.95 Å². The van der Waals surface area contributed by atoms with Gasteiger partial charge in [-0.2, -0.15) is 5.10 Å². The van der Waals surface area contributed by atoms with Gasteiger partial charge in [0.15, 0.2) is 5.52 Å². The molecule has 1 aliphatic heterocycles. The van der Waals surface area contributed by atoms with E-state index >= 15 is 0 Å². The number of aromatic nitrogens is 4. The van der Waals surface area contributed by atoms with E-state index in [1.54, 1.807) is 23.0 Å². The van der Waals surface area contributed by atoms with Crippen molar-refractivity contribution in [3.63, 3.8) is 0 Å². The number of ether oxygens (including phenoxy) is 1. The van der Waals surface area contributed by atoms with Crippen LogP contribution in [0, 0.1) is 0 Å². The minimum atomic E-state index is -0.231. The fraction of sp³-hybridized carbons (Fsp3) is 0.312. The molecule has 1 aromatic carbocycles. The molecule has 7 nitrogen and oxygen atoms in total. The lowest BCUT2D eigenvalue weighted by atomic mass is 10.2. The van der Waals surface area contributed by atoms with E-state index in [-0.39, 0.29) is 11.6 Å². The predicted octanol–water partition coefficient (Wildman–Crippen LogP) is 3.00. The van der Waals surface area contributed by atoms with E-state index in [0.29, 0.717) is 46.8 Å². The van der Waals surface area contributed by atoms with Gasteiger partial charge in [0, 0.05) is 13.2 Å². The molecule has 130 valence electrons. The molecule has 0 spiro atoms. The van der Waals surface area contributed by atoms with Gasteiger partial charge in [-0.25, -0.2) is 4.98 Å². The van der Waals surface area contributed by atoms with E-state index in [1.165, 1.54) is 0 Å². The summed E-state index contributed by atoms with van der Waals surface area (Å²) < 4.78 is 7.08. The van der Waals surface area contributed by atoms with E-state index < -0.39 is 0 Å². The van der Waals surface area contributed by atoms with Crippen LogP contribution < -0.4 is 10.9 Å². The van der Waals surface area contributed by atoms with Crippen molar-refractivity contribution in [3.05, 3.63) is 50.4 Å². The lowest BCUT2D eigenvalue weighted by molar-refractivity contribution is 0.185. The number of aromatic amines is 1. The number of nitrogens with one attached hydrogen (secondary N) is 2. The van der Waals surface area contributed by atoms with Gasteiger partial charge < -0.3 is 10.1 Å². The largest absolute Gasteiger partial charge is 0.379 e. The summed E-state index contributed by atoms with van der Waals surface area (Å²) >= 11 is 11.9. The second-order valence-corrected chi connectivity index (χ2v) is 6.67. The number of H-pyrrole nitrogens is 1. The van der Waals surface area contributed by atoms with Gasteiger partial charge in [0.25, 0.3) is 5.56 Å². The molecule has 4 rings (SSSR count). The molecule has 3 aromatic rings. The molecule has 2 N–H and O–H groups in total. The smallest absolute Gasteiger partial charge is 0.278 e. The molecule has 1 unspecified atom stereocenters. The van der Waals surface area contributed by atoms with Crippen LogP contribution in [0.5, 0.6) is 0 Å². The summed E-state index contributed by atoms with van der Waals surface area (Å²) in [5.41, 5.74) is 1.71. The highest BCUT2D eigenvalue weighted by Gasteiger charge is 2.22. The van der Waals surface area contributed by atoms with Crippen molar-refractivity contribution >= 4 is 40.2 Å². The van der Waals surface area contributed by atoms with Crippen LogP contribution in [0.2, 0.25) is 10.0 Å². The van der Waals surface area contributed by atoms with Gasteiger partial charge in [-0.15, -0.1) is 0 Å². The van der Waals surface area contributed by atoms with Gasteiger partial charge in [0.2, 0.25) is 5.95 Å². The third kappa shape index (κ3) is 3.22. The quantitative estimate of drug-likeness (QED) is 0.727. The van der Waals surface area contributed by atoms with Crippen molar-refractivity contribution in [2.24, 2.45) is 0 Å². The number of halogens is 2. The molecule has 1 atom stereocenters. The van der Waals surface area contributed by atoms with Gasteiger partial charge in [-0.3, -0.25) is 14.5 Å². The molecule has 1 fully saturated rings. The highest BCUT2D eigenvalue weighted by Crippen LogP contribution is 2.23. The Hall–Kier alpha value is -2.09. The first-order chi connectivity index (χ1) is 12.1. The highest BCUT2D eigenvalue weighted by atomic mass is 35.5. The number of hydrogen-bond donors (Lipinski definition) is 2. The van der Waals surface area contributed by atoms with Crippen LogP contribution in [0.15, 0.2) is 29.2 Å². The molecular formula is C16H15Cl2N5O2. The van der Waals surface area contributed by atoms with E-state index in [4.69, 9.17) is 27.9 Å². The van der Waals surface area contributed by atoms with Crippen molar-refractivity contribution in [1.82, 2.24) is 19.7 Å². The Kier molecular flexibility index (Phi) is 4.37. The standard InChI is InChI=1S/C16H15Cl2N5O2/c17-11-2-1-9(5-12(11)18)6-19-16-21-13-7-20-23(10-3-4-25-8-10)14(13)15(24)22-16/h1-2,5,7,10H,3-4,6,8H2,(H2,19,21,22,24). The highest BCUT2D eigenvalue weighted by molar-refractivity contribution is 6.42. The molecule has 0 saturated carbocycles. The van der Waals surface area contributed by atoms with E-state index in [0.717, 1.165) is 12.0 Å². The Balaban J connectivity index is 1.58. The second-order valence-electron chi connectivity index (χ2n) is 5.86. The van der Waals surface area contributed by atoms with E-state index in [9.17, 15) is 4.79 Å². The zero-order valence-corrected chi connectivity index (χ0v) is 14.6. The molecule has 1 saturated heterocycles. The van der Waals surface area contributed by atoms with Gasteiger partial charge in [-0.1, -0.05) is 29.3 Å². The molecule has 3 heterocycles. The third-order valence-corrected chi connectivity index (χ3v) is 4.89. The van der Waals surface area contributed by atoms with Crippen LogP contribution in [-0.2, 0) is 11.3 Å². The molecular weight excluding hydrogens is 365 g/mol. The Morgan fingerprint density at radius 2 is 2.24 bits per heavy atom. The van der Waals surface area contributed by atoms with Crippen molar-refractivity contribution in [2.75, 3.05) is 18.5 Å². The van der Waals surface area contributed by atoms with E-state index in [1.807, 2.05) is 6.07 Å². The number of benzene rings is 1. The zero-order chi connectivity index (χ0) is 17.4. The first-order valence-electron chi connectivity index (χ1n) is 7.85. The van der Waals surface area contributed by atoms with Crippen LogP contribution in [0.25, 0.3) is 11.0 Å². The third-order valence-electron chi connectivity index (χ3n) is 4.15. The molecule has 0 aliphatic carbocycles. The summed E-state index contributed by atoms with van der Waals surface area (Å²) in [6, 6.07) is 5.44. The number of hydrogen-bond acceptors (Lipinski definition) is 5. The average molecular weight is 380 g/mol. The minimum absolute atomic E-state index is 0.0791. The zero-order valence-electron chi connectivity index (χ0n) is 13.1. The molecule has 0 amide bonds. The number of nitrogens with zero attached hydrogens (tertiary/aromatic N) is 3. The van der Waals surface area contributed by atoms with Crippen molar-refractivity contribution in [3.8, 4) is 0 Å². The first kappa shape index (κ1) is 16.4. The van der Waals surface area contributed by atoms with Gasteiger partial charge in [0.05, 0.1) is 28.9 Å². The summed E-state index contributed by atoms with van der Waals surface area (Å²) in [4.78, 5) is 19.7.